The van der Waals surface area contributed by atoms with E-state index in [9.17, 15) is 0 Å². The Bertz CT molecular complexity index is 5340. The molecule has 7 aromatic heterocycles. The van der Waals surface area contributed by atoms with Gasteiger partial charge in [0.15, 0.2) is 0 Å². The average Bonchev–Trinajstić information content (AvgIpc) is 1.57. The number of aromatic amines is 2. The highest BCUT2D eigenvalue weighted by Gasteiger charge is 2.32. The molecule has 450 valence electrons. The molecule has 0 fully saturated rings. The highest BCUT2D eigenvalue weighted by atomic mass is 79.9. The molecule has 0 atom stereocenters. The maximum atomic E-state index is 6.00. The number of para-hydroxylation sites is 4. The van der Waals surface area contributed by atoms with E-state index in [-0.39, 0.29) is 0 Å². The Labute approximate surface area is 595 Å². The van der Waals surface area contributed by atoms with Gasteiger partial charge in [0.25, 0.3) is 0 Å². The SMILES string of the molecule is CCn1c2ccccc2c2cc(-c3c4nc(c(-c5ccc6c(c5)c5ccccc5n6CC)c5[nH]c(c(Br)c5Br)c(-c5ccc6c(c5)c5ccccc5n6CC)c5nc(c(-c6ccc7c(c6)c6ccccc6n7CC)c6[nH]c3c(Br)c6Br)C(Br)=C5Br)C(Br)=C4Br)ccc21. The van der Waals surface area contributed by atoms with E-state index >= 15 is 0 Å². The number of aryl methyl sites for hydroxylation is 4. The van der Waals surface area contributed by atoms with Crippen LogP contribution in [0.2, 0.25) is 0 Å². The summed E-state index contributed by atoms with van der Waals surface area (Å²) < 4.78 is 16.1. The van der Waals surface area contributed by atoms with Gasteiger partial charge in [0.1, 0.15) is 0 Å². The van der Waals surface area contributed by atoms with Crippen LogP contribution in [-0.4, -0.2) is 38.2 Å². The Morgan fingerprint density at radius 2 is 0.478 bits per heavy atom. The molecule has 0 radical (unpaired) electrons. The predicted octanol–water partition coefficient (Wildman–Crippen LogP) is 25.8. The highest BCUT2D eigenvalue weighted by molar-refractivity contribution is 9.18. The van der Waals surface area contributed by atoms with Gasteiger partial charge in [-0.1, -0.05) is 97.1 Å². The molecule has 16 heteroatoms. The summed E-state index contributed by atoms with van der Waals surface area (Å²) in [6.07, 6.45) is 0. The van der Waals surface area contributed by atoms with Crippen LogP contribution in [0.1, 0.15) is 50.5 Å². The fourth-order valence-corrected chi connectivity index (χ4v) is 18.8. The van der Waals surface area contributed by atoms with E-state index in [1.807, 2.05) is 0 Å². The number of hydrogen-bond donors (Lipinski definition) is 2. The number of rotatable bonds is 8. The minimum atomic E-state index is 0.737. The quantitative estimate of drug-likeness (QED) is 0.159. The minimum Gasteiger partial charge on any atom is -0.352 e. The molecule has 0 unspecified atom stereocenters. The normalized spacial score (nSPS) is 13.1. The lowest BCUT2D eigenvalue weighted by atomic mass is 10.0. The first-order valence-corrected chi connectivity index (χ1v) is 36.9. The molecule has 9 heterocycles. The molecular formula is C76H50Br8N8. The number of H-pyrrole nitrogens is 2. The second-order valence-corrected chi connectivity index (χ2v) is 29.7. The highest BCUT2D eigenvalue weighted by Crippen LogP contribution is 2.55. The van der Waals surface area contributed by atoms with Crippen molar-refractivity contribution in [3.05, 3.63) is 211 Å². The van der Waals surface area contributed by atoms with Gasteiger partial charge >= 0.3 is 0 Å². The molecule has 17 rings (SSSR count). The van der Waals surface area contributed by atoms with E-state index in [4.69, 9.17) is 9.97 Å². The Morgan fingerprint density at radius 1 is 0.272 bits per heavy atom. The van der Waals surface area contributed by atoms with E-state index in [1.165, 1.54) is 43.6 Å². The van der Waals surface area contributed by atoms with Crippen LogP contribution in [-0.2, 0) is 26.2 Å². The molecule has 8 aromatic carbocycles. The lowest BCUT2D eigenvalue weighted by Gasteiger charge is -2.09. The molecule has 0 aliphatic carbocycles. The lowest BCUT2D eigenvalue weighted by molar-refractivity contribution is 0.827. The van der Waals surface area contributed by atoms with Gasteiger partial charge in [-0.2, -0.15) is 0 Å². The van der Waals surface area contributed by atoms with Gasteiger partial charge in [0, 0.05) is 136 Å². The zero-order valence-electron chi connectivity index (χ0n) is 49.7. The summed E-state index contributed by atoms with van der Waals surface area (Å²) in [6, 6.07) is 62.3. The fraction of sp³-hybridized carbons (Fsp3) is 0.105. The molecule has 8 bridgehead atoms. The largest absolute Gasteiger partial charge is 0.352 e. The number of halogens is 8. The van der Waals surface area contributed by atoms with Crippen LogP contribution >= 0.6 is 127 Å². The van der Waals surface area contributed by atoms with Crippen molar-refractivity contribution in [3.8, 4) is 44.5 Å². The van der Waals surface area contributed by atoms with E-state index in [2.05, 4.69) is 353 Å². The standard InChI is InChI=1S/C76H50Br8N8/c1-5-89-49-21-13-9-17-41(49)45-33-37(25-29-53(45)89)57-69-61(77)63(79)71(85-69)58(38-26-30-54-46(34-38)42-18-10-14-22-50(42)90(54)6-2)73-65(81)67(83)75(87-73)60(40-28-32-56-48(36-40)44-20-12-16-24-52(44)92(56)8-4)76-68(84)66(82)74(88-76)59(72-64(80)62(78)70(57)86-72)39-27-31-55-47(35-39)43-19-11-15-23-51(43)91(55)7-3/h9-36,85,88H,5-8H2,1-4H3. The van der Waals surface area contributed by atoms with Gasteiger partial charge in [-0.05, 0) is 250 Å². The first kappa shape index (κ1) is 59.2. The van der Waals surface area contributed by atoms with Crippen LogP contribution in [0.25, 0.3) is 172 Å². The van der Waals surface area contributed by atoms with Crippen molar-refractivity contribution in [2.24, 2.45) is 0 Å². The number of hydrogen-bond acceptors (Lipinski definition) is 2. The second-order valence-electron chi connectivity index (χ2n) is 23.4. The maximum absolute atomic E-state index is 6.00. The van der Waals surface area contributed by atoms with Gasteiger partial charge in [-0.15, -0.1) is 0 Å². The maximum Gasteiger partial charge on any atom is 0.0891 e. The monoisotopic (exact) mass is 1710 g/mol. The molecular weight excluding hydrogens is 1660 g/mol. The van der Waals surface area contributed by atoms with Crippen molar-refractivity contribution in [2.75, 3.05) is 0 Å². The molecule has 0 saturated carbocycles. The van der Waals surface area contributed by atoms with Crippen molar-refractivity contribution in [3.63, 3.8) is 0 Å². The molecule has 0 amide bonds. The van der Waals surface area contributed by atoms with Crippen molar-refractivity contribution >= 4 is 255 Å². The van der Waals surface area contributed by atoms with Gasteiger partial charge in [-0.3, -0.25) is 0 Å². The summed E-state index contributed by atoms with van der Waals surface area (Å²) in [5, 5.41) is 9.35. The zero-order chi connectivity index (χ0) is 62.9. The van der Waals surface area contributed by atoms with Crippen molar-refractivity contribution in [2.45, 2.75) is 53.9 Å². The van der Waals surface area contributed by atoms with Crippen LogP contribution in [0.5, 0.6) is 0 Å². The third-order valence-corrected chi connectivity index (χ3v) is 27.3. The Kier molecular flexibility index (Phi) is 14.5. The molecule has 15 aromatic rings. The van der Waals surface area contributed by atoms with Crippen LogP contribution in [0.3, 0.4) is 0 Å². The van der Waals surface area contributed by atoms with Gasteiger partial charge < -0.3 is 28.2 Å². The van der Waals surface area contributed by atoms with Crippen molar-refractivity contribution in [1.82, 2.24) is 38.2 Å². The van der Waals surface area contributed by atoms with Crippen LogP contribution in [0, 0.1) is 0 Å². The summed E-state index contributed by atoms with van der Waals surface area (Å²) in [4.78, 5) is 20.3. The summed E-state index contributed by atoms with van der Waals surface area (Å²) in [6.45, 7) is 12.2. The van der Waals surface area contributed by atoms with Crippen molar-refractivity contribution in [1.29, 1.82) is 0 Å². The first-order valence-electron chi connectivity index (χ1n) is 30.6. The van der Waals surface area contributed by atoms with E-state index in [0.29, 0.717) is 0 Å². The fourth-order valence-electron chi connectivity index (χ4n) is 14.9. The minimum absolute atomic E-state index is 0.737. The van der Waals surface area contributed by atoms with Crippen LogP contribution in [0.4, 0.5) is 0 Å². The zero-order valence-corrected chi connectivity index (χ0v) is 62.4. The number of nitrogens with one attached hydrogen (secondary N) is 2. The summed E-state index contributed by atoms with van der Waals surface area (Å²) in [5.41, 5.74) is 23.1. The smallest absolute Gasteiger partial charge is 0.0891 e. The summed E-state index contributed by atoms with van der Waals surface area (Å²) in [5.74, 6) is 0. The molecule has 0 spiro atoms. The van der Waals surface area contributed by atoms with Crippen LogP contribution in [0.15, 0.2) is 188 Å². The summed E-state index contributed by atoms with van der Waals surface area (Å²) in [7, 11) is 0. The number of fused-ring (bicyclic) bond motifs is 20. The Balaban J connectivity index is 1.10. The van der Waals surface area contributed by atoms with Crippen LogP contribution < -0.4 is 0 Å². The number of benzene rings is 8. The average molecular weight is 1710 g/mol. The van der Waals surface area contributed by atoms with E-state index in [0.717, 1.165) is 195 Å². The molecule has 2 aliphatic rings. The van der Waals surface area contributed by atoms with Gasteiger partial charge in [0.05, 0.1) is 80.7 Å². The Hall–Kier alpha value is -6.60. The predicted molar refractivity (Wildman–Crippen MR) is 418 cm³/mol. The topological polar surface area (TPSA) is 77.1 Å². The second kappa shape index (κ2) is 22.5. The van der Waals surface area contributed by atoms with Gasteiger partial charge in [0.2, 0.25) is 0 Å². The third kappa shape index (κ3) is 8.55. The number of aromatic nitrogens is 8. The third-order valence-electron chi connectivity index (χ3n) is 18.9. The molecule has 0 saturated heterocycles. The number of nitrogens with zero attached hydrogens (tertiary/aromatic N) is 6. The van der Waals surface area contributed by atoms with Gasteiger partial charge in [-0.25, -0.2) is 9.97 Å². The Morgan fingerprint density at radius 3 is 0.696 bits per heavy atom. The first-order chi connectivity index (χ1) is 44.8. The molecule has 92 heavy (non-hydrogen) atoms. The molecule has 2 aliphatic heterocycles. The van der Waals surface area contributed by atoms with E-state index in [1.54, 1.807) is 0 Å². The van der Waals surface area contributed by atoms with E-state index < -0.39 is 0 Å². The molecule has 8 nitrogen and oxygen atoms in total. The lowest BCUT2D eigenvalue weighted by Crippen LogP contribution is -1.94. The van der Waals surface area contributed by atoms with Crippen molar-refractivity contribution < 1.29 is 0 Å². The molecule has 2 N–H and O–H groups in total. The summed E-state index contributed by atoms with van der Waals surface area (Å²) >= 11 is 34.4.